The molecular formula is C6H14N2O2. The predicted molar refractivity (Wildman–Crippen MR) is 40.2 cm³/mol. The molecule has 0 aromatic rings. The van der Waals surface area contributed by atoms with Crippen molar-refractivity contribution in [2.24, 2.45) is 11.5 Å². The van der Waals surface area contributed by atoms with Crippen molar-refractivity contribution in [3.63, 3.8) is 0 Å². The molecule has 0 aliphatic carbocycles. The van der Waals surface area contributed by atoms with E-state index in [1.54, 1.807) is 0 Å². The van der Waals surface area contributed by atoms with Crippen molar-refractivity contribution in [1.29, 1.82) is 0 Å². The van der Waals surface area contributed by atoms with Gasteiger partial charge in [-0.2, -0.15) is 0 Å². The third-order valence-electron chi connectivity index (χ3n) is 0.368. The minimum atomic E-state index is -0.833. The minimum Gasteiger partial charge on any atom is -0.499 e. The fraction of sp³-hybridized carbons (Fsp3) is 0.500. The fourth-order valence-electron chi connectivity index (χ4n) is 0.192. The van der Waals surface area contributed by atoms with Crippen LogP contribution in [0.4, 0.5) is 4.79 Å². The molecule has 0 saturated carbocycles. The molecule has 0 bridgehead atoms. The lowest BCUT2D eigenvalue weighted by Gasteiger charge is -1.99. The summed E-state index contributed by atoms with van der Waals surface area (Å²) in [7, 11) is 0. The Balaban J connectivity index is 0. The molecule has 4 N–H and O–H groups in total. The molecule has 0 saturated heterocycles. The van der Waals surface area contributed by atoms with Gasteiger partial charge in [0.1, 0.15) is 0 Å². The van der Waals surface area contributed by atoms with Crippen LogP contribution in [0, 0.1) is 0 Å². The number of carbonyl (C=O) groups is 1. The maximum Gasteiger partial charge on any atom is 0.309 e. The molecule has 4 heteroatoms. The van der Waals surface area contributed by atoms with Crippen molar-refractivity contribution >= 4 is 6.03 Å². The van der Waals surface area contributed by atoms with Crippen LogP contribution in [0.3, 0.4) is 0 Å². The zero-order valence-corrected chi connectivity index (χ0v) is 6.33. The van der Waals surface area contributed by atoms with Crippen LogP contribution >= 0.6 is 0 Å². The van der Waals surface area contributed by atoms with Crippen molar-refractivity contribution < 1.29 is 9.53 Å². The smallest absolute Gasteiger partial charge is 0.309 e. The molecule has 0 unspecified atom stereocenters. The predicted octanol–water partition coefficient (Wildman–Crippen LogP) is 0.579. The monoisotopic (exact) mass is 146 g/mol. The van der Waals surface area contributed by atoms with Gasteiger partial charge in [-0.25, -0.2) is 4.79 Å². The molecule has 0 aliphatic heterocycles. The molecule has 0 heterocycles. The van der Waals surface area contributed by atoms with E-state index in [1.165, 1.54) is 6.26 Å². The van der Waals surface area contributed by atoms with Crippen LogP contribution in [0.1, 0.15) is 13.8 Å². The zero-order valence-electron chi connectivity index (χ0n) is 6.33. The molecule has 0 aromatic carbocycles. The van der Waals surface area contributed by atoms with E-state index in [9.17, 15) is 0 Å². The number of nitrogens with two attached hydrogens (primary N) is 2. The van der Waals surface area contributed by atoms with Crippen molar-refractivity contribution in [3.05, 3.63) is 12.8 Å². The molecule has 0 rings (SSSR count). The lowest BCUT2D eigenvalue weighted by atomic mass is 10.5. The zero-order chi connectivity index (χ0) is 8.57. The SMILES string of the molecule is C=COC(C)C.NC(N)=O. The largest absolute Gasteiger partial charge is 0.499 e. The summed E-state index contributed by atoms with van der Waals surface area (Å²) in [4.78, 5) is 9.00. The number of urea groups is 1. The first-order valence-electron chi connectivity index (χ1n) is 2.82. The molecule has 0 atom stereocenters. The summed E-state index contributed by atoms with van der Waals surface area (Å²) < 4.78 is 4.81. The van der Waals surface area contributed by atoms with Gasteiger partial charge in [-0.3, -0.25) is 0 Å². The average Bonchev–Trinajstić information content (AvgIpc) is 1.62. The summed E-state index contributed by atoms with van der Waals surface area (Å²) in [5.41, 5.74) is 8.50. The Morgan fingerprint density at radius 1 is 1.60 bits per heavy atom. The van der Waals surface area contributed by atoms with E-state index in [2.05, 4.69) is 18.0 Å². The van der Waals surface area contributed by atoms with Crippen LogP contribution in [-0.4, -0.2) is 12.1 Å². The molecule has 60 valence electrons. The Morgan fingerprint density at radius 3 is 1.90 bits per heavy atom. The van der Waals surface area contributed by atoms with Crippen LogP contribution in [0.25, 0.3) is 0 Å². The Morgan fingerprint density at radius 2 is 1.90 bits per heavy atom. The minimum absolute atomic E-state index is 0.280. The maximum atomic E-state index is 9.00. The quantitative estimate of drug-likeness (QED) is 0.559. The molecule has 0 spiro atoms. The Kier molecular flexibility index (Phi) is 9.05. The molecule has 0 aliphatic rings. The van der Waals surface area contributed by atoms with E-state index in [1.807, 2.05) is 13.8 Å². The number of hydrogen-bond donors (Lipinski definition) is 2. The number of hydrogen-bond acceptors (Lipinski definition) is 2. The summed E-state index contributed by atoms with van der Waals surface area (Å²) in [5, 5.41) is 0. The van der Waals surface area contributed by atoms with Gasteiger partial charge in [-0.15, -0.1) is 0 Å². The second-order valence-electron chi connectivity index (χ2n) is 1.75. The van der Waals surface area contributed by atoms with Gasteiger partial charge in [-0.05, 0) is 13.8 Å². The Bertz CT molecular complexity index is 97.9. The summed E-state index contributed by atoms with van der Waals surface area (Å²) in [6, 6.07) is -0.833. The summed E-state index contributed by atoms with van der Waals surface area (Å²) >= 11 is 0. The van der Waals surface area contributed by atoms with Crippen molar-refractivity contribution in [1.82, 2.24) is 0 Å². The summed E-state index contributed by atoms with van der Waals surface area (Å²) in [5.74, 6) is 0. The highest BCUT2D eigenvalue weighted by molar-refractivity contribution is 5.69. The highest BCUT2D eigenvalue weighted by Gasteiger charge is 1.81. The normalized spacial score (nSPS) is 7.50. The lowest BCUT2D eigenvalue weighted by molar-refractivity contribution is 0.180. The van der Waals surface area contributed by atoms with Gasteiger partial charge in [-0.1, -0.05) is 6.58 Å². The standard InChI is InChI=1S/C5H10O.CH4N2O/c1-4-6-5(2)3;2-1(3)4/h4-5H,1H2,2-3H3;(H4,2,3,4). The summed E-state index contributed by atoms with van der Waals surface area (Å²) in [6.07, 6.45) is 1.73. The van der Waals surface area contributed by atoms with Gasteiger partial charge < -0.3 is 16.2 Å². The van der Waals surface area contributed by atoms with Gasteiger partial charge >= 0.3 is 6.03 Å². The Labute approximate surface area is 60.8 Å². The van der Waals surface area contributed by atoms with Gasteiger partial charge in [0.15, 0.2) is 0 Å². The van der Waals surface area contributed by atoms with E-state index in [4.69, 9.17) is 9.53 Å². The third-order valence-corrected chi connectivity index (χ3v) is 0.368. The van der Waals surface area contributed by atoms with E-state index in [0.29, 0.717) is 0 Å². The lowest BCUT2D eigenvalue weighted by Crippen LogP contribution is -2.18. The number of ether oxygens (including phenoxy) is 1. The first-order valence-corrected chi connectivity index (χ1v) is 2.82. The molecule has 10 heavy (non-hydrogen) atoms. The van der Waals surface area contributed by atoms with E-state index in [0.717, 1.165) is 0 Å². The first-order chi connectivity index (χ1) is 4.50. The van der Waals surface area contributed by atoms with Crippen molar-refractivity contribution in [2.45, 2.75) is 20.0 Å². The van der Waals surface area contributed by atoms with E-state index in [-0.39, 0.29) is 6.10 Å². The summed E-state index contributed by atoms with van der Waals surface area (Å²) in [6.45, 7) is 7.30. The highest BCUT2D eigenvalue weighted by atomic mass is 16.5. The topological polar surface area (TPSA) is 78.3 Å². The maximum absolute atomic E-state index is 9.00. The fourth-order valence-corrected chi connectivity index (χ4v) is 0.192. The highest BCUT2D eigenvalue weighted by Crippen LogP contribution is 1.83. The average molecular weight is 146 g/mol. The van der Waals surface area contributed by atoms with Crippen LogP contribution in [0.15, 0.2) is 12.8 Å². The van der Waals surface area contributed by atoms with Crippen LogP contribution in [0.2, 0.25) is 0 Å². The van der Waals surface area contributed by atoms with Gasteiger partial charge in [0.2, 0.25) is 0 Å². The molecule has 0 radical (unpaired) electrons. The molecule has 0 aromatic heterocycles. The number of primary amides is 2. The van der Waals surface area contributed by atoms with Gasteiger partial charge in [0.05, 0.1) is 12.4 Å². The first kappa shape index (κ1) is 11.6. The van der Waals surface area contributed by atoms with Gasteiger partial charge in [0, 0.05) is 0 Å². The molecular weight excluding hydrogens is 132 g/mol. The number of carbonyl (C=O) groups excluding carboxylic acids is 1. The van der Waals surface area contributed by atoms with Crippen molar-refractivity contribution in [2.75, 3.05) is 0 Å². The second kappa shape index (κ2) is 7.81. The van der Waals surface area contributed by atoms with Crippen molar-refractivity contribution in [3.8, 4) is 0 Å². The van der Waals surface area contributed by atoms with E-state index < -0.39 is 6.03 Å². The van der Waals surface area contributed by atoms with Crippen LogP contribution in [-0.2, 0) is 4.74 Å². The molecule has 2 amide bonds. The van der Waals surface area contributed by atoms with Crippen LogP contribution < -0.4 is 11.5 Å². The van der Waals surface area contributed by atoms with E-state index >= 15 is 0 Å². The number of rotatable bonds is 2. The third kappa shape index (κ3) is 70.2. The molecule has 4 nitrogen and oxygen atoms in total. The number of amides is 2. The van der Waals surface area contributed by atoms with Crippen LogP contribution in [0.5, 0.6) is 0 Å². The Hall–Kier alpha value is -1.19. The molecule has 0 fully saturated rings. The van der Waals surface area contributed by atoms with Gasteiger partial charge in [0.25, 0.3) is 0 Å². The second-order valence-corrected chi connectivity index (χ2v) is 1.75.